The Labute approximate surface area is 117 Å². The third-order valence-corrected chi connectivity index (χ3v) is 6.27. The first-order valence-electron chi connectivity index (χ1n) is 6.79. The van der Waals surface area contributed by atoms with E-state index in [1.54, 1.807) is 4.31 Å². The molecule has 0 aromatic rings. The van der Waals surface area contributed by atoms with Crippen LogP contribution in [0.4, 0.5) is 0 Å². The highest BCUT2D eigenvalue weighted by Gasteiger charge is 2.30. The number of halogens is 1. The van der Waals surface area contributed by atoms with Crippen LogP contribution in [-0.2, 0) is 10.0 Å². The zero-order chi connectivity index (χ0) is 12.3. The first kappa shape index (κ1) is 16.2. The van der Waals surface area contributed by atoms with Crippen LogP contribution in [0.5, 0.6) is 0 Å². The molecule has 2 aliphatic rings. The summed E-state index contributed by atoms with van der Waals surface area (Å²) in [6.07, 6.45) is 6.46. The van der Waals surface area contributed by atoms with Crippen LogP contribution < -0.4 is 5.73 Å². The van der Waals surface area contributed by atoms with Gasteiger partial charge in [0.2, 0.25) is 10.0 Å². The van der Waals surface area contributed by atoms with Crippen molar-refractivity contribution in [1.29, 1.82) is 0 Å². The van der Waals surface area contributed by atoms with Gasteiger partial charge in [-0.15, -0.1) is 12.4 Å². The highest BCUT2D eigenvalue weighted by atomic mass is 35.5. The standard InChI is InChI=1S/C12H24N2O2S.ClH/c13-9-11-5-7-14(8-6-11)17(15,16)10-12-3-1-2-4-12;/h11-12H,1-10,13H2;1H. The van der Waals surface area contributed by atoms with E-state index >= 15 is 0 Å². The van der Waals surface area contributed by atoms with Crippen molar-refractivity contribution in [2.24, 2.45) is 17.6 Å². The van der Waals surface area contributed by atoms with Crippen LogP contribution in [-0.4, -0.2) is 38.1 Å². The van der Waals surface area contributed by atoms with Gasteiger partial charge in [0, 0.05) is 13.1 Å². The molecule has 2 fully saturated rings. The highest BCUT2D eigenvalue weighted by molar-refractivity contribution is 7.89. The molecule has 2 rings (SSSR count). The first-order chi connectivity index (χ1) is 8.12. The minimum Gasteiger partial charge on any atom is -0.330 e. The number of rotatable bonds is 4. The summed E-state index contributed by atoms with van der Waals surface area (Å²) in [5.74, 6) is 1.31. The summed E-state index contributed by atoms with van der Waals surface area (Å²) < 4.78 is 26.2. The molecule has 1 aliphatic heterocycles. The van der Waals surface area contributed by atoms with E-state index in [1.165, 1.54) is 12.8 Å². The van der Waals surface area contributed by atoms with Crippen LogP contribution >= 0.6 is 12.4 Å². The van der Waals surface area contributed by atoms with Crippen molar-refractivity contribution in [2.45, 2.75) is 38.5 Å². The average Bonchev–Trinajstić information content (AvgIpc) is 2.81. The molecular weight excluding hydrogens is 272 g/mol. The van der Waals surface area contributed by atoms with E-state index in [0.717, 1.165) is 25.7 Å². The molecule has 1 saturated heterocycles. The van der Waals surface area contributed by atoms with E-state index in [9.17, 15) is 8.42 Å². The Bertz CT molecular complexity index is 334. The molecule has 1 heterocycles. The quantitative estimate of drug-likeness (QED) is 0.857. The van der Waals surface area contributed by atoms with Crippen LogP contribution in [0.15, 0.2) is 0 Å². The van der Waals surface area contributed by atoms with Gasteiger partial charge in [-0.1, -0.05) is 12.8 Å². The van der Waals surface area contributed by atoms with Crippen molar-refractivity contribution in [1.82, 2.24) is 4.31 Å². The fraction of sp³-hybridized carbons (Fsp3) is 1.00. The maximum Gasteiger partial charge on any atom is 0.214 e. The zero-order valence-electron chi connectivity index (χ0n) is 10.9. The summed E-state index contributed by atoms with van der Waals surface area (Å²) in [6, 6.07) is 0. The lowest BCUT2D eigenvalue weighted by Gasteiger charge is -2.31. The van der Waals surface area contributed by atoms with Crippen LogP contribution in [0.1, 0.15) is 38.5 Å². The van der Waals surface area contributed by atoms with Crippen LogP contribution in [0.25, 0.3) is 0 Å². The van der Waals surface area contributed by atoms with Crippen molar-refractivity contribution >= 4 is 22.4 Å². The smallest absolute Gasteiger partial charge is 0.214 e. The third-order valence-electron chi connectivity index (χ3n) is 4.22. The molecule has 0 radical (unpaired) electrons. The predicted molar refractivity (Wildman–Crippen MR) is 76.3 cm³/mol. The zero-order valence-corrected chi connectivity index (χ0v) is 12.5. The summed E-state index contributed by atoms with van der Waals surface area (Å²) in [5.41, 5.74) is 5.62. The normalized spacial score (nSPS) is 24.1. The number of hydrogen-bond acceptors (Lipinski definition) is 3. The van der Waals surface area contributed by atoms with Gasteiger partial charge in [-0.25, -0.2) is 12.7 Å². The van der Waals surface area contributed by atoms with Crippen LogP contribution in [0, 0.1) is 11.8 Å². The average molecular weight is 297 g/mol. The van der Waals surface area contributed by atoms with Gasteiger partial charge in [-0.05, 0) is 44.1 Å². The molecular formula is C12H25ClN2O2S. The molecule has 0 aromatic heterocycles. The summed E-state index contributed by atoms with van der Waals surface area (Å²) in [7, 11) is -3.01. The molecule has 2 N–H and O–H groups in total. The lowest BCUT2D eigenvalue weighted by atomic mass is 9.99. The van der Waals surface area contributed by atoms with E-state index in [1.807, 2.05) is 0 Å². The molecule has 0 amide bonds. The van der Waals surface area contributed by atoms with E-state index in [-0.39, 0.29) is 12.4 Å². The predicted octanol–water partition coefficient (Wildman–Crippen LogP) is 1.60. The maximum atomic E-state index is 12.2. The van der Waals surface area contributed by atoms with Crippen LogP contribution in [0.3, 0.4) is 0 Å². The van der Waals surface area contributed by atoms with Gasteiger partial charge in [0.05, 0.1) is 5.75 Å². The van der Waals surface area contributed by atoms with Gasteiger partial charge in [0.25, 0.3) is 0 Å². The van der Waals surface area contributed by atoms with E-state index in [4.69, 9.17) is 5.73 Å². The number of hydrogen-bond donors (Lipinski definition) is 1. The van der Waals surface area contributed by atoms with E-state index in [0.29, 0.717) is 37.2 Å². The highest BCUT2D eigenvalue weighted by Crippen LogP contribution is 2.28. The molecule has 0 unspecified atom stereocenters. The first-order valence-corrected chi connectivity index (χ1v) is 8.40. The minimum atomic E-state index is -3.01. The van der Waals surface area contributed by atoms with Gasteiger partial charge >= 0.3 is 0 Å². The topological polar surface area (TPSA) is 63.4 Å². The monoisotopic (exact) mass is 296 g/mol. The fourth-order valence-corrected chi connectivity index (χ4v) is 4.91. The number of nitrogens with two attached hydrogens (primary N) is 1. The molecule has 108 valence electrons. The number of sulfonamides is 1. The van der Waals surface area contributed by atoms with Gasteiger partial charge in [0.15, 0.2) is 0 Å². The van der Waals surface area contributed by atoms with Gasteiger partial charge in [0.1, 0.15) is 0 Å². The van der Waals surface area contributed by atoms with Gasteiger partial charge in [-0.2, -0.15) is 0 Å². The van der Waals surface area contributed by atoms with Gasteiger partial charge < -0.3 is 5.73 Å². The lowest BCUT2D eigenvalue weighted by Crippen LogP contribution is -2.42. The Balaban J connectivity index is 0.00000162. The van der Waals surface area contributed by atoms with Gasteiger partial charge in [-0.3, -0.25) is 0 Å². The number of nitrogens with zero attached hydrogens (tertiary/aromatic N) is 1. The molecule has 6 heteroatoms. The lowest BCUT2D eigenvalue weighted by molar-refractivity contribution is 0.277. The Morgan fingerprint density at radius 1 is 1.00 bits per heavy atom. The second-order valence-electron chi connectivity index (χ2n) is 5.51. The molecule has 18 heavy (non-hydrogen) atoms. The second-order valence-corrected chi connectivity index (χ2v) is 7.52. The summed E-state index contributed by atoms with van der Waals surface area (Å²) in [5, 5.41) is 0. The molecule has 0 bridgehead atoms. The summed E-state index contributed by atoms with van der Waals surface area (Å²) in [4.78, 5) is 0. The molecule has 0 atom stereocenters. The van der Waals surface area contributed by atoms with Crippen molar-refractivity contribution in [3.63, 3.8) is 0 Å². The fourth-order valence-electron chi connectivity index (χ4n) is 3.00. The van der Waals surface area contributed by atoms with E-state index in [2.05, 4.69) is 0 Å². The molecule has 0 aromatic carbocycles. The van der Waals surface area contributed by atoms with E-state index < -0.39 is 10.0 Å². The van der Waals surface area contributed by atoms with Crippen LogP contribution in [0.2, 0.25) is 0 Å². The summed E-state index contributed by atoms with van der Waals surface area (Å²) in [6.45, 7) is 2.05. The van der Waals surface area contributed by atoms with Crippen molar-refractivity contribution in [2.75, 3.05) is 25.4 Å². The SMILES string of the molecule is Cl.NCC1CCN(S(=O)(=O)CC2CCCC2)CC1. The molecule has 1 aliphatic carbocycles. The molecule has 0 spiro atoms. The van der Waals surface area contributed by atoms with Crippen molar-refractivity contribution < 1.29 is 8.42 Å². The third kappa shape index (κ3) is 4.08. The Morgan fingerprint density at radius 3 is 2.06 bits per heavy atom. The second kappa shape index (κ2) is 7.08. The Hall–Kier alpha value is 0.160. The summed E-state index contributed by atoms with van der Waals surface area (Å²) >= 11 is 0. The largest absolute Gasteiger partial charge is 0.330 e. The van der Waals surface area contributed by atoms with Crippen molar-refractivity contribution in [3.8, 4) is 0 Å². The number of piperidine rings is 1. The minimum absolute atomic E-state index is 0. The maximum absolute atomic E-state index is 12.2. The molecule has 4 nitrogen and oxygen atoms in total. The molecule has 1 saturated carbocycles. The Kier molecular flexibility index (Phi) is 6.38. The van der Waals surface area contributed by atoms with Crippen molar-refractivity contribution in [3.05, 3.63) is 0 Å². The Morgan fingerprint density at radius 2 is 1.56 bits per heavy atom.